The van der Waals surface area contributed by atoms with Crippen LogP contribution >= 0.6 is 0 Å². The van der Waals surface area contributed by atoms with Crippen molar-refractivity contribution in [3.63, 3.8) is 0 Å². The Bertz CT molecular complexity index is 935. The largest absolute Gasteiger partial charge is 0.355 e. The number of sulfonamides is 1. The van der Waals surface area contributed by atoms with Crippen molar-refractivity contribution in [3.8, 4) is 0 Å². The number of hydrogen-bond acceptors (Lipinski definition) is 3. The summed E-state index contributed by atoms with van der Waals surface area (Å²) in [6, 6.07) is 14.0. The predicted molar refractivity (Wildman–Crippen MR) is 120 cm³/mol. The fourth-order valence-corrected chi connectivity index (χ4v) is 4.07. The molecule has 0 saturated heterocycles. The zero-order chi connectivity index (χ0) is 21.6. The van der Waals surface area contributed by atoms with Crippen LogP contribution in [0.2, 0.25) is 0 Å². The first-order valence-electron chi connectivity index (χ1n) is 9.99. The number of nitrogens with zero attached hydrogens (tertiary/aromatic N) is 1. The topological polar surface area (TPSA) is 66.5 Å². The maximum Gasteiger partial charge on any atom is 0.240 e. The number of rotatable bonds is 9. The third-order valence-corrected chi connectivity index (χ3v) is 6.27. The minimum absolute atomic E-state index is 0.216. The molecule has 29 heavy (non-hydrogen) atoms. The van der Waals surface area contributed by atoms with Gasteiger partial charge in [-0.25, -0.2) is 8.42 Å². The van der Waals surface area contributed by atoms with Crippen LogP contribution in [0.25, 0.3) is 0 Å². The van der Waals surface area contributed by atoms with Crippen molar-refractivity contribution in [2.24, 2.45) is 0 Å². The number of carbonyl (C=O) groups excluding carboxylic acids is 1. The lowest BCUT2D eigenvalue weighted by molar-refractivity contribution is -0.119. The molecule has 0 atom stereocenters. The summed E-state index contributed by atoms with van der Waals surface area (Å²) in [5, 5.41) is 2.84. The average Bonchev–Trinajstić information content (AvgIpc) is 2.65. The van der Waals surface area contributed by atoms with Crippen LogP contribution in [0.3, 0.4) is 0 Å². The molecule has 0 aliphatic rings. The van der Waals surface area contributed by atoms with Gasteiger partial charge in [-0.15, -0.1) is 0 Å². The number of benzene rings is 2. The van der Waals surface area contributed by atoms with Gasteiger partial charge in [-0.2, -0.15) is 0 Å². The van der Waals surface area contributed by atoms with Gasteiger partial charge in [0.2, 0.25) is 15.9 Å². The van der Waals surface area contributed by atoms with Crippen molar-refractivity contribution in [1.29, 1.82) is 0 Å². The fraction of sp³-hybridized carbons (Fsp3) is 0.435. The van der Waals surface area contributed by atoms with Gasteiger partial charge in [0.15, 0.2) is 0 Å². The first-order chi connectivity index (χ1) is 13.6. The van der Waals surface area contributed by atoms with Crippen molar-refractivity contribution in [2.75, 3.05) is 23.7 Å². The van der Waals surface area contributed by atoms with Crippen molar-refractivity contribution < 1.29 is 13.2 Å². The van der Waals surface area contributed by atoms with E-state index in [1.165, 1.54) is 15.4 Å². The van der Waals surface area contributed by atoms with Crippen molar-refractivity contribution >= 4 is 21.6 Å². The van der Waals surface area contributed by atoms with E-state index in [0.717, 1.165) is 30.2 Å². The Morgan fingerprint density at radius 2 is 1.72 bits per heavy atom. The van der Waals surface area contributed by atoms with E-state index in [1.54, 1.807) is 12.1 Å². The molecule has 2 rings (SSSR count). The van der Waals surface area contributed by atoms with Crippen LogP contribution in [0.15, 0.2) is 42.5 Å². The molecule has 0 spiro atoms. The van der Waals surface area contributed by atoms with Crippen LogP contribution in [0.4, 0.5) is 5.69 Å². The fourth-order valence-electron chi connectivity index (χ4n) is 3.16. The molecule has 1 amide bonds. The van der Waals surface area contributed by atoms with Gasteiger partial charge in [0.05, 0.1) is 11.9 Å². The smallest absolute Gasteiger partial charge is 0.240 e. The van der Waals surface area contributed by atoms with Gasteiger partial charge in [0.1, 0.15) is 6.54 Å². The molecule has 0 radical (unpaired) electrons. The van der Waals surface area contributed by atoms with Crippen LogP contribution in [0.1, 0.15) is 48.4 Å². The zero-order valence-electron chi connectivity index (χ0n) is 18.0. The Morgan fingerprint density at radius 3 is 2.31 bits per heavy atom. The maximum absolute atomic E-state index is 12.4. The van der Waals surface area contributed by atoms with Crippen LogP contribution in [0.5, 0.6) is 0 Å². The van der Waals surface area contributed by atoms with E-state index in [9.17, 15) is 13.2 Å². The molecular formula is C23H32N2O3S. The van der Waals surface area contributed by atoms with E-state index in [4.69, 9.17) is 0 Å². The quantitative estimate of drug-likeness (QED) is 0.630. The molecular weight excluding hydrogens is 384 g/mol. The van der Waals surface area contributed by atoms with E-state index in [-0.39, 0.29) is 12.5 Å². The van der Waals surface area contributed by atoms with Crippen LogP contribution in [0, 0.1) is 13.8 Å². The zero-order valence-corrected chi connectivity index (χ0v) is 18.8. The number of anilines is 1. The second kappa shape index (κ2) is 9.92. The summed E-state index contributed by atoms with van der Waals surface area (Å²) in [4.78, 5) is 12.4. The normalized spacial score (nSPS) is 11.5. The van der Waals surface area contributed by atoms with Gasteiger partial charge >= 0.3 is 0 Å². The van der Waals surface area contributed by atoms with Crippen LogP contribution in [-0.2, 0) is 21.2 Å². The van der Waals surface area contributed by atoms with E-state index in [1.807, 2.05) is 19.9 Å². The molecule has 5 nitrogen and oxygen atoms in total. The van der Waals surface area contributed by atoms with E-state index in [2.05, 4.69) is 43.4 Å². The maximum atomic E-state index is 12.4. The molecule has 6 heteroatoms. The van der Waals surface area contributed by atoms with Crippen molar-refractivity contribution in [2.45, 2.75) is 46.5 Å². The second-order valence-corrected chi connectivity index (χ2v) is 9.75. The van der Waals surface area contributed by atoms with E-state index < -0.39 is 10.0 Å². The molecule has 0 unspecified atom stereocenters. The van der Waals surface area contributed by atoms with Gasteiger partial charge in [-0.1, -0.05) is 50.2 Å². The predicted octanol–water partition coefficient (Wildman–Crippen LogP) is 3.94. The SMILES string of the molecule is Cc1cccc(N(CC(=O)NCCCc2ccc(C(C)C)cc2)S(C)(=O)=O)c1C. The summed E-state index contributed by atoms with van der Waals surface area (Å²) in [6.07, 6.45) is 2.80. The van der Waals surface area contributed by atoms with Gasteiger partial charge < -0.3 is 5.32 Å². The summed E-state index contributed by atoms with van der Waals surface area (Å²) in [7, 11) is -3.56. The molecule has 2 aromatic rings. The first-order valence-corrected chi connectivity index (χ1v) is 11.8. The molecule has 0 aliphatic heterocycles. The van der Waals surface area contributed by atoms with Gasteiger partial charge in [-0.3, -0.25) is 9.10 Å². The minimum atomic E-state index is -3.56. The third kappa shape index (κ3) is 6.60. The molecule has 0 aliphatic carbocycles. The van der Waals surface area contributed by atoms with E-state index in [0.29, 0.717) is 18.2 Å². The highest BCUT2D eigenvalue weighted by Crippen LogP contribution is 2.24. The van der Waals surface area contributed by atoms with E-state index >= 15 is 0 Å². The molecule has 0 fully saturated rings. The Balaban J connectivity index is 1.91. The summed E-state index contributed by atoms with van der Waals surface area (Å²) < 4.78 is 25.7. The van der Waals surface area contributed by atoms with Gasteiger partial charge in [-0.05, 0) is 60.9 Å². The lowest BCUT2D eigenvalue weighted by Gasteiger charge is -2.24. The summed E-state index contributed by atoms with van der Waals surface area (Å²) in [5.41, 5.74) is 4.94. The molecule has 158 valence electrons. The van der Waals surface area contributed by atoms with Crippen LogP contribution < -0.4 is 9.62 Å². The molecule has 1 N–H and O–H groups in total. The third-order valence-electron chi connectivity index (χ3n) is 5.14. The highest BCUT2D eigenvalue weighted by molar-refractivity contribution is 7.92. The number of amides is 1. The lowest BCUT2D eigenvalue weighted by atomic mass is 10.0. The van der Waals surface area contributed by atoms with Gasteiger partial charge in [0, 0.05) is 6.54 Å². The Hall–Kier alpha value is -2.34. The van der Waals surface area contributed by atoms with Crippen molar-refractivity contribution in [1.82, 2.24) is 5.32 Å². The summed E-state index contributed by atoms with van der Waals surface area (Å²) in [6.45, 7) is 8.42. The summed E-state index contributed by atoms with van der Waals surface area (Å²) in [5.74, 6) is 0.213. The van der Waals surface area contributed by atoms with Crippen LogP contribution in [-0.4, -0.2) is 33.7 Å². The lowest BCUT2D eigenvalue weighted by Crippen LogP contribution is -2.41. The second-order valence-electron chi connectivity index (χ2n) is 7.84. The highest BCUT2D eigenvalue weighted by atomic mass is 32.2. The standard InChI is InChI=1S/C23H32N2O3S/c1-17(2)21-13-11-20(12-14-21)9-7-15-24-23(26)16-25(29(5,27)28)22-10-6-8-18(3)19(22)4/h6,8,10-14,17H,7,9,15-16H2,1-5H3,(H,24,26). The molecule has 0 saturated carbocycles. The minimum Gasteiger partial charge on any atom is -0.355 e. The van der Waals surface area contributed by atoms with Crippen molar-refractivity contribution in [3.05, 3.63) is 64.7 Å². The first kappa shape index (κ1) is 22.9. The highest BCUT2D eigenvalue weighted by Gasteiger charge is 2.22. The monoisotopic (exact) mass is 416 g/mol. The number of hydrogen-bond donors (Lipinski definition) is 1. The Labute approximate surface area is 175 Å². The molecule has 0 heterocycles. The molecule has 2 aromatic carbocycles. The molecule has 0 bridgehead atoms. The summed E-state index contributed by atoms with van der Waals surface area (Å²) >= 11 is 0. The number of aryl methyl sites for hydroxylation is 2. The number of carbonyl (C=O) groups is 1. The molecule has 0 aromatic heterocycles. The average molecular weight is 417 g/mol. The Morgan fingerprint density at radius 1 is 1.07 bits per heavy atom. The Kier molecular flexibility index (Phi) is 7.85. The number of nitrogens with one attached hydrogen (secondary N) is 1. The van der Waals surface area contributed by atoms with Gasteiger partial charge in [0.25, 0.3) is 0 Å².